The normalized spacial score (nSPS) is 12.0. The number of hydrogen-bond acceptors (Lipinski definition) is 3. The van der Waals surface area contributed by atoms with Crippen molar-refractivity contribution in [2.75, 3.05) is 33.0 Å². The average molecular weight is 203 g/mol. The van der Waals surface area contributed by atoms with Crippen molar-refractivity contribution in [2.45, 2.75) is 39.7 Å². The van der Waals surface area contributed by atoms with Gasteiger partial charge in [0.2, 0.25) is 0 Å². The Morgan fingerprint density at radius 2 is 1.50 bits per heavy atom. The summed E-state index contributed by atoms with van der Waals surface area (Å²) >= 11 is 0. The molecule has 0 heterocycles. The second kappa shape index (κ2) is 8.21. The molecule has 1 N–H and O–H groups in total. The summed E-state index contributed by atoms with van der Waals surface area (Å²) in [5.74, 6) is 0. The molecule has 0 spiro atoms. The minimum atomic E-state index is 0.183. The van der Waals surface area contributed by atoms with Crippen LogP contribution in [-0.2, 0) is 9.47 Å². The van der Waals surface area contributed by atoms with Crippen molar-refractivity contribution in [3.05, 3.63) is 0 Å². The maximum absolute atomic E-state index is 5.39. The fourth-order valence-corrected chi connectivity index (χ4v) is 0.965. The molecule has 0 unspecified atom stereocenters. The van der Waals surface area contributed by atoms with Crippen molar-refractivity contribution in [3.8, 4) is 0 Å². The Labute approximate surface area is 88.2 Å². The van der Waals surface area contributed by atoms with Crippen molar-refractivity contribution in [2.24, 2.45) is 0 Å². The highest BCUT2D eigenvalue weighted by Crippen LogP contribution is 1.96. The lowest BCUT2D eigenvalue weighted by atomic mass is 10.1. The molecule has 0 aromatic rings. The van der Waals surface area contributed by atoms with E-state index in [2.05, 4.69) is 33.0 Å². The van der Waals surface area contributed by atoms with Crippen molar-refractivity contribution < 1.29 is 9.47 Å². The number of ether oxygens (including phenoxy) is 2. The van der Waals surface area contributed by atoms with Gasteiger partial charge < -0.3 is 14.8 Å². The molecule has 0 aliphatic heterocycles. The van der Waals surface area contributed by atoms with Gasteiger partial charge in [-0.2, -0.15) is 0 Å². The molecule has 0 saturated heterocycles. The Kier molecular flexibility index (Phi) is 8.14. The van der Waals surface area contributed by atoms with Crippen molar-refractivity contribution in [1.82, 2.24) is 5.32 Å². The van der Waals surface area contributed by atoms with E-state index in [-0.39, 0.29) is 5.54 Å². The third kappa shape index (κ3) is 11.9. The van der Waals surface area contributed by atoms with Gasteiger partial charge in [0, 0.05) is 18.7 Å². The van der Waals surface area contributed by atoms with Gasteiger partial charge in [0.1, 0.15) is 0 Å². The molecule has 86 valence electrons. The van der Waals surface area contributed by atoms with E-state index in [9.17, 15) is 0 Å². The number of nitrogens with one attached hydrogen (secondary N) is 1. The van der Waals surface area contributed by atoms with E-state index in [0.717, 1.165) is 26.2 Å². The van der Waals surface area contributed by atoms with Crippen LogP contribution in [0.4, 0.5) is 0 Å². The molecule has 0 aliphatic carbocycles. The fraction of sp³-hybridized carbons (Fsp3) is 1.00. The Balaban J connectivity index is 2.99. The first-order valence-electron chi connectivity index (χ1n) is 5.47. The van der Waals surface area contributed by atoms with Gasteiger partial charge in [-0.3, -0.25) is 0 Å². The summed E-state index contributed by atoms with van der Waals surface area (Å²) < 4.78 is 10.7. The molecular formula is C11H25NO2. The van der Waals surface area contributed by atoms with Gasteiger partial charge in [-0.15, -0.1) is 0 Å². The molecule has 0 radical (unpaired) electrons. The minimum Gasteiger partial charge on any atom is -0.379 e. The van der Waals surface area contributed by atoms with E-state index >= 15 is 0 Å². The second-order valence-electron chi connectivity index (χ2n) is 4.40. The van der Waals surface area contributed by atoms with Crippen molar-refractivity contribution >= 4 is 0 Å². The molecule has 0 amide bonds. The molecule has 0 aliphatic rings. The van der Waals surface area contributed by atoms with Crippen LogP contribution in [0.3, 0.4) is 0 Å². The molecule has 3 heteroatoms. The molecule has 0 aromatic carbocycles. The minimum absolute atomic E-state index is 0.183. The van der Waals surface area contributed by atoms with Crippen LogP contribution < -0.4 is 5.32 Å². The molecule has 0 saturated carbocycles. The first-order chi connectivity index (χ1) is 6.56. The van der Waals surface area contributed by atoms with E-state index in [1.807, 2.05) is 0 Å². The largest absolute Gasteiger partial charge is 0.379 e. The van der Waals surface area contributed by atoms with Crippen molar-refractivity contribution in [3.63, 3.8) is 0 Å². The first kappa shape index (κ1) is 13.9. The maximum atomic E-state index is 5.39. The summed E-state index contributed by atoms with van der Waals surface area (Å²) in [6.07, 6.45) is 1.07. The second-order valence-corrected chi connectivity index (χ2v) is 4.40. The molecule has 0 bridgehead atoms. The molecular weight excluding hydrogens is 178 g/mol. The van der Waals surface area contributed by atoms with Crippen molar-refractivity contribution in [1.29, 1.82) is 0 Å². The van der Waals surface area contributed by atoms with Crippen LogP contribution in [0.5, 0.6) is 0 Å². The Morgan fingerprint density at radius 3 is 2.00 bits per heavy atom. The van der Waals surface area contributed by atoms with Crippen LogP contribution in [0, 0.1) is 0 Å². The average Bonchev–Trinajstić information content (AvgIpc) is 2.08. The van der Waals surface area contributed by atoms with Gasteiger partial charge in [-0.1, -0.05) is 6.92 Å². The highest BCUT2D eigenvalue weighted by Gasteiger charge is 2.06. The summed E-state index contributed by atoms with van der Waals surface area (Å²) in [6.45, 7) is 12.5. The summed E-state index contributed by atoms with van der Waals surface area (Å²) in [5, 5.41) is 3.36. The molecule has 3 nitrogen and oxygen atoms in total. The van der Waals surface area contributed by atoms with Gasteiger partial charge in [-0.05, 0) is 27.2 Å². The smallest absolute Gasteiger partial charge is 0.0701 e. The summed E-state index contributed by atoms with van der Waals surface area (Å²) in [7, 11) is 0. The lowest BCUT2D eigenvalue weighted by Crippen LogP contribution is -2.38. The highest BCUT2D eigenvalue weighted by atomic mass is 16.5. The third-order valence-electron chi connectivity index (χ3n) is 1.62. The van der Waals surface area contributed by atoms with Crippen LogP contribution in [0.1, 0.15) is 34.1 Å². The number of rotatable bonds is 8. The molecule has 0 fully saturated rings. The molecule has 0 rings (SSSR count). The van der Waals surface area contributed by atoms with E-state index in [1.165, 1.54) is 0 Å². The van der Waals surface area contributed by atoms with Gasteiger partial charge in [0.05, 0.1) is 19.8 Å². The zero-order valence-corrected chi connectivity index (χ0v) is 10.1. The van der Waals surface area contributed by atoms with Crippen LogP contribution >= 0.6 is 0 Å². The van der Waals surface area contributed by atoms with Gasteiger partial charge in [-0.25, -0.2) is 0 Å². The Morgan fingerprint density at radius 1 is 0.929 bits per heavy atom. The predicted octanol–water partition coefficient (Wildman–Crippen LogP) is 1.82. The Hall–Kier alpha value is -0.120. The lowest BCUT2D eigenvalue weighted by molar-refractivity contribution is 0.0477. The zero-order chi connectivity index (χ0) is 10.9. The highest BCUT2D eigenvalue weighted by molar-refractivity contribution is 4.69. The standard InChI is InChI=1S/C11H25NO2/c1-5-7-13-9-10-14-8-6-12-11(2,3)4/h12H,5-10H2,1-4H3. The van der Waals surface area contributed by atoms with E-state index < -0.39 is 0 Å². The SMILES string of the molecule is CCCOCCOCCNC(C)(C)C. The Bertz CT molecular complexity index is 121. The quantitative estimate of drug-likeness (QED) is 0.610. The topological polar surface area (TPSA) is 30.5 Å². The lowest BCUT2D eigenvalue weighted by Gasteiger charge is -2.20. The van der Waals surface area contributed by atoms with Gasteiger partial charge in [0.25, 0.3) is 0 Å². The summed E-state index contributed by atoms with van der Waals surface area (Å²) in [5.41, 5.74) is 0.183. The van der Waals surface area contributed by atoms with Crippen LogP contribution in [0.25, 0.3) is 0 Å². The van der Waals surface area contributed by atoms with Crippen LogP contribution in [0.15, 0.2) is 0 Å². The first-order valence-corrected chi connectivity index (χ1v) is 5.47. The predicted molar refractivity (Wildman–Crippen MR) is 59.7 cm³/mol. The number of hydrogen-bond donors (Lipinski definition) is 1. The molecule has 0 aromatic heterocycles. The zero-order valence-electron chi connectivity index (χ0n) is 10.1. The van der Waals surface area contributed by atoms with Gasteiger partial charge in [0.15, 0.2) is 0 Å². The maximum Gasteiger partial charge on any atom is 0.0701 e. The van der Waals surface area contributed by atoms with Gasteiger partial charge >= 0.3 is 0 Å². The monoisotopic (exact) mass is 203 g/mol. The molecule has 0 atom stereocenters. The molecule has 14 heavy (non-hydrogen) atoms. The van der Waals surface area contributed by atoms with E-state index in [0.29, 0.717) is 13.2 Å². The van der Waals surface area contributed by atoms with E-state index in [1.54, 1.807) is 0 Å². The fourth-order valence-electron chi connectivity index (χ4n) is 0.965. The van der Waals surface area contributed by atoms with E-state index in [4.69, 9.17) is 9.47 Å². The van der Waals surface area contributed by atoms with Crippen LogP contribution in [0.2, 0.25) is 0 Å². The third-order valence-corrected chi connectivity index (χ3v) is 1.62. The summed E-state index contributed by atoms with van der Waals surface area (Å²) in [6, 6.07) is 0. The summed E-state index contributed by atoms with van der Waals surface area (Å²) in [4.78, 5) is 0. The van der Waals surface area contributed by atoms with Crippen LogP contribution in [-0.4, -0.2) is 38.5 Å².